The van der Waals surface area contributed by atoms with E-state index in [0.29, 0.717) is 19.6 Å². The Labute approximate surface area is 145 Å². The van der Waals surface area contributed by atoms with Gasteiger partial charge in [0.2, 0.25) is 0 Å². The first-order valence-electron chi connectivity index (χ1n) is 8.04. The van der Waals surface area contributed by atoms with Crippen LogP contribution in [-0.2, 0) is 6.18 Å². The van der Waals surface area contributed by atoms with Crippen molar-refractivity contribution in [2.75, 3.05) is 24.5 Å². The second-order valence-corrected chi connectivity index (χ2v) is 6.12. The fourth-order valence-electron chi connectivity index (χ4n) is 3.12. The zero-order chi connectivity index (χ0) is 18.5. The monoisotopic (exact) mass is 369 g/mol. The van der Waals surface area contributed by atoms with Crippen LogP contribution in [0.1, 0.15) is 12.5 Å². The molecule has 1 aromatic carbocycles. The minimum absolute atomic E-state index is 0.0239. The summed E-state index contributed by atoms with van der Waals surface area (Å²) >= 11 is 0. The molecule has 4 rings (SSSR count). The van der Waals surface area contributed by atoms with Crippen molar-refractivity contribution in [3.63, 3.8) is 0 Å². The summed E-state index contributed by atoms with van der Waals surface area (Å²) in [6.07, 6.45) is -1.96. The Morgan fingerprint density at radius 1 is 1.35 bits per heavy atom. The first-order chi connectivity index (χ1) is 12.4. The van der Waals surface area contributed by atoms with Crippen LogP contribution >= 0.6 is 0 Å². The highest BCUT2D eigenvalue weighted by Gasteiger charge is 2.40. The number of benzene rings is 1. The molecule has 2 aromatic heterocycles. The summed E-state index contributed by atoms with van der Waals surface area (Å²) in [7, 11) is 0. The topological polar surface area (TPSA) is 59.1 Å². The largest absolute Gasteiger partial charge is 0.421 e. The van der Waals surface area contributed by atoms with E-state index in [-0.39, 0.29) is 23.3 Å². The number of rotatable bonds is 2. The van der Waals surface area contributed by atoms with Gasteiger partial charge in [0.25, 0.3) is 6.01 Å². The average molecular weight is 369 g/mol. The van der Waals surface area contributed by atoms with Gasteiger partial charge in [0.1, 0.15) is 22.6 Å². The molecule has 0 amide bonds. The number of aromatic nitrogens is 3. The van der Waals surface area contributed by atoms with Gasteiger partial charge in [-0.2, -0.15) is 23.3 Å². The van der Waals surface area contributed by atoms with Crippen molar-refractivity contribution in [3.05, 3.63) is 35.9 Å². The van der Waals surface area contributed by atoms with Crippen molar-refractivity contribution < 1.29 is 22.0 Å². The lowest BCUT2D eigenvalue weighted by molar-refractivity contribution is -0.138. The minimum atomic E-state index is -4.89. The minimum Gasteiger partial charge on any atom is -0.421 e. The zero-order valence-electron chi connectivity index (χ0n) is 13.7. The summed E-state index contributed by atoms with van der Waals surface area (Å²) in [5, 5.41) is 7.14. The van der Waals surface area contributed by atoms with Gasteiger partial charge in [0, 0.05) is 44.1 Å². The van der Waals surface area contributed by atoms with Crippen molar-refractivity contribution in [1.29, 1.82) is 0 Å². The molecular weight excluding hydrogens is 354 g/mol. The standard InChI is InChI=1S/C16H15F4N5O/c1-9-8-21-4-6-24(9)15-23-13-12(16(18,19)20)10(17)7-11(14(13)26-15)25-5-2-3-22-25/h2-3,5,7,9,21H,4,6,8H2,1H3. The number of halogens is 4. The Bertz CT molecular complexity index is 934. The van der Waals surface area contributed by atoms with Crippen LogP contribution in [0.15, 0.2) is 28.9 Å². The van der Waals surface area contributed by atoms with Crippen molar-refractivity contribution in [2.24, 2.45) is 0 Å². The van der Waals surface area contributed by atoms with Crippen LogP contribution < -0.4 is 10.2 Å². The van der Waals surface area contributed by atoms with E-state index in [0.717, 1.165) is 6.07 Å². The lowest BCUT2D eigenvalue weighted by Crippen LogP contribution is -2.50. The fourth-order valence-corrected chi connectivity index (χ4v) is 3.12. The first kappa shape index (κ1) is 16.8. The molecule has 1 aliphatic rings. The molecule has 138 valence electrons. The van der Waals surface area contributed by atoms with Gasteiger partial charge in [0.15, 0.2) is 5.58 Å². The van der Waals surface area contributed by atoms with E-state index in [1.54, 1.807) is 11.0 Å². The van der Waals surface area contributed by atoms with Crippen LogP contribution in [0.5, 0.6) is 0 Å². The Balaban J connectivity index is 1.97. The molecule has 6 nitrogen and oxygen atoms in total. The SMILES string of the molecule is CC1CNCCN1c1nc2c(C(F)(F)F)c(F)cc(-n3cccn3)c2o1. The van der Waals surface area contributed by atoms with Crippen LogP contribution in [0.2, 0.25) is 0 Å². The molecule has 3 heterocycles. The second kappa shape index (κ2) is 5.97. The average Bonchev–Trinajstić information content (AvgIpc) is 3.22. The number of nitrogens with one attached hydrogen (secondary N) is 1. The Morgan fingerprint density at radius 2 is 2.15 bits per heavy atom. The number of nitrogens with zero attached hydrogens (tertiary/aromatic N) is 4. The molecule has 10 heteroatoms. The van der Waals surface area contributed by atoms with Gasteiger partial charge in [-0.3, -0.25) is 0 Å². The summed E-state index contributed by atoms with van der Waals surface area (Å²) in [5.74, 6) is -1.41. The lowest BCUT2D eigenvalue weighted by Gasteiger charge is -2.32. The van der Waals surface area contributed by atoms with Gasteiger partial charge >= 0.3 is 6.18 Å². The van der Waals surface area contributed by atoms with Gasteiger partial charge in [-0.05, 0) is 13.0 Å². The maximum absolute atomic E-state index is 14.3. The summed E-state index contributed by atoms with van der Waals surface area (Å²) in [6.45, 7) is 3.72. The van der Waals surface area contributed by atoms with E-state index in [4.69, 9.17) is 4.42 Å². The number of hydrogen-bond donors (Lipinski definition) is 1. The third-order valence-electron chi connectivity index (χ3n) is 4.37. The van der Waals surface area contributed by atoms with Gasteiger partial charge in [-0.1, -0.05) is 0 Å². The second-order valence-electron chi connectivity index (χ2n) is 6.12. The summed E-state index contributed by atoms with van der Waals surface area (Å²) < 4.78 is 61.5. The molecule has 1 fully saturated rings. The molecule has 0 aliphatic carbocycles. The molecule has 3 aromatic rings. The smallest absolute Gasteiger partial charge is 0.421 e. The lowest BCUT2D eigenvalue weighted by atomic mass is 10.1. The van der Waals surface area contributed by atoms with E-state index < -0.39 is 23.1 Å². The molecule has 1 unspecified atom stereocenters. The highest BCUT2D eigenvalue weighted by Crippen LogP contribution is 2.40. The highest BCUT2D eigenvalue weighted by molar-refractivity contribution is 5.86. The van der Waals surface area contributed by atoms with Crippen molar-refractivity contribution in [2.45, 2.75) is 19.1 Å². The fraction of sp³-hybridized carbons (Fsp3) is 0.375. The molecule has 0 bridgehead atoms. The summed E-state index contributed by atoms with van der Waals surface area (Å²) in [5.41, 5.74) is -2.06. The summed E-state index contributed by atoms with van der Waals surface area (Å²) in [4.78, 5) is 5.78. The number of fused-ring (bicyclic) bond motifs is 1. The molecular formula is C16H15F4N5O. The van der Waals surface area contributed by atoms with E-state index in [1.807, 2.05) is 6.92 Å². The number of anilines is 1. The third kappa shape index (κ3) is 2.70. The molecule has 0 saturated carbocycles. The van der Waals surface area contributed by atoms with Crippen LogP contribution in [0, 0.1) is 5.82 Å². The Hall–Kier alpha value is -2.62. The van der Waals surface area contributed by atoms with E-state index in [2.05, 4.69) is 15.4 Å². The number of alkyl halides is 3. The maximum atomic E-state index is 14.3. The molecule has 26 heavy (non-hydrogen) atoms. The highest BCUT2D eigenvalue weighted by atomic mass is 19.4. The van der Waals surface area contributed by atoms with Crippen molar-refractivity contribution in [1.82, 2.24) is 20.1 Å². The van der Waals surface area contributed by atoms with Gasteiger partial charge in [0.05, 0.1) is 0 Å². The third-order valence-corrected chi connectivity index (χ3v) is 4.37. The zero-order valence-corrected chi connectivity index (χ0v) is 13.7. The van der Waals surface area contributed by atoms with E-state index in [9.17, 15) is 17.6 Å². The van der Waals surface area contributed by atoms with Gasteiger partial charge in [-0.15, -0.1) is 0 Å². The molecule has 0 radical (unpaired) electrons. The molecule has 0 spiro atoms. The van der Waals surface area contributed by atoms with Gasteiger partial charge in [-0.25, -0.2) is 9.07 Å². The number of hydrogen-bond acceptors (Lipinski definition) is 5. The molecule has 1 N–H and O–H groups in total. The predicted octanol–water partition coefficient (Wildman–Crippen LogP) is 2.97. The van der Waals surface area contributed by atoms with Gasteiger partial charge < -0.3 is 14.6 Å². The van der Waals surface area contributed by atoms with Crippen LogP contribution in [-0.4, -0.2) is 40.4 Å². The van der Waals surface area contributed by atoms with Crippen molar-refractivity contribution in [3.8, 4) is 5.69 Å². The molecule has 1 aliphatic heterocycles. The summed E-state index contributed by atoms with van der Waals surface area (Å²) in [6, 6.07) is 2.37. The van der Waals surface area contributed by atoms with E-state index in [1.165, 1.54) is 17.1 Å². The number of oxazole rings is 1. The van der Waals surface area contributed by atoms with E-state index >= 15 is 0 Å². The quantitative estimate of drug-likeness (QED) is 0.704. The molecule has 1 saturated heterocycles. The Morgan fingerprint density at radius 3 is 2.81 bits per heavy atom. The maximum Gasteiger partial charge on any atom is 0.421 e. The Kier molecular flexibility index (Phi) is 3.87. The van der Waals surface area contributed by atoms with Crippen molar-refractivity contribution >= 4 is 17.1 Å². The van der Waals surface area contributed by atoms with Crippen LogP contribution in [0.3, 0.4) is 0 Å². The normalized spacial score (nSPS) is 18.7. The van der Waals surface area contributed by atoms with Crippen LogP contribution in [0.4, 0.5) is 23.6 Å². The molecule has 1 atom stereocenters. The van der Waals surface area contributed by atoms with Crippen LogP contribution in [0.25, 0.3) is 16.8 Å². The first-order valence-corrected chi connectivity index (χ1v) is 8.04. The predicted molar refractivity (Wildman–Crippen MR) is 85.8 cm³/mol. The number of piperazine rings is 1.